The molecule has 0 fully saturated rings. The maximum atomic E-state index is 8.94. The van der Waals surface area contributed by atoms with Crippen LogP contribution in [-0.4, -0.2) is 19.9 Å². The van der Waals surface area contributed by atoms with Crippen molar-refractivity contribution in [3.8, 4) is 5.13 Å². The van der Waals surface area contributed by atoms with Crippen LogP contribution in [0.3, 0.4) is 0 Å². The van der Waals surface area contributed by atoms with E-state index in [1.165, 1.54) is 11.3 Å². The van der Waals surface area contributed by atoms with Gasteiger partial charge < -0.3 is 5.11 Å². The van der Waals surface area contributed by atoms with E-state index >= 15 is 0 Å². The Bertz CT molecular complexity index is 451. The largest absolute Gasteiger partial charge is 0.391 e. The Hall–Kier alpha value is -0.910. The van der Waals surface area contributed by atoms with Crippen LogP contribution in [0.1, 0.15) is 10.4 Å². The van der Waals surface area contributed by atoms with Gasteiger partial charge in [0.1, 0.15) is 5.15 Å². The summed E-state index contributed by atoms with van der Waals surface area (Å²) in [7, 11) is 0. The average Bonchev–Trinajstić information content (AvgIpc) is 2.71. The van der Waals surface area contributed by atoms with Crippen molar-refractivity contribution >= 4 is 22.9 Å². The molecule has 0 saturated carbocycles. The van der Waals surface area contributed by atoms with Gasteiger partial charge in [0.2, 0.25) is 5.13 Å². The standard InChI is InChI=1S/C8H8ClN3OS/c1-5-2-10-12(3-5)8-11-7(9)6(4-13)14-8/h2-3,13H,4H2,1H3. The number of aryl methyl sites for hydroxylation is 1. The highest BCUT2D eigenvalue weighted by Gasteiger charge is 2.09. The van der Waals surface area contributed by atoms with Crippen molar-refractivity contribution in [1.82, 2.24) is 14.8 Å². The number of rotatable bonds is 2. The third-order valence-corrected chi connectivity index (χ3v) is 3.14. The number of hydrogen-bond donors (Lipinski definition) is 1. The van der Waals surface area contributed by atoms with Crippen LogP contribution in [0.2, 0.25) is 5.15 Å². The number of aliphatic hydroxyl groups excluding tert-OH is 1. The van der Waals surface area contributed by atoms with Gasteiger partial charge in [-0.25, -0.2) is 9.67 Å². The molecule has 0 aliphatic heterocycles. The lowest BCUT2D eigenvalue weighted by molar-refractivity contribution is 0.285. The van der Waals surface area contributed by atoms with Crippen LogP contribution in [-0.2, 0) is 6.61 Å². The lowest BCUT2D eigenvalue weighted by Crippen LogP contribution is -1.91. The summed E-state index contributed by atoms with van der Waals surface area (Å²) < 4.78 is 1.64. The molecule has 4 nitrogen and oxygen atoms in total. The smallest absolute Gasteiger partial charge is 0.212 e. The Kier molecular flexibility index (Phi) is 2.54. The van der Waals surface area contributed by atoms with E-state index in [0.29, 0.717) is 15.2 Å². The van der Waals surface area contributed by atoms with Crippen molar-refractivity contribution in [2.45, 2.75) is 13.5 Å². The van der Waals surface area contributed by atoms with Crippen molar-refractivity contribution in [2.24, 2.45) is 0 Å². The van der Waals surface area contributed by atoms with Gasteiger partial charge in [0, 0.05) is 6.20 Å². The summed E-state index contributed by atoms with van der Waals surface area (Å²) in [6, 6.07) is 0. The second-order valence-corrected chi connectivity index (χ2v) is 4.25. The summed E-state index contributed by atoms with van der Waals surface area (Å²) in [6.45, 7) is 1.86. The minimum atomic E-state index is -0.0866. The zero-order valence-corrected chi connectivity index (χ0v) is 9.01. The molecule has 2 aromatic heterocycles. The zero-order valence-electron chi connectivity index (χ0n) is 7.44. The second kappa shape index (κ2) is 3.68. The normalized spacial score (nSPS) is 10.8. The van der Waals surface area contributed by atoms with Gasteiger partial charge >= 0.3 is 0 Å². The summed E-state index contributed by atoms with van der Waals surface area (Å²) >= 11 is 7.13. The Labute approximate surface area is 89.8 Å². The van der Waals surface area contributed by atoms with E-state index in [0.717, 1.165) is 5.56 Å². The van der Waals surface area contributed by atoms with Crippen molar-refractivity contribution in [1.29, 1.82) is 0 Å². The van der Waals surface area contributed by atoms with Crippen molar-refractivity contribution < 1.29 is 5.11 Å². The van der Waals surface area contributed by atoms with Gasteiger partial charge in [0.15, 0.2) is 0 Å². The van der Waals surface area contributed by atoms with Crippen LogP contribution >= 0.6 is 22.9 Å². The zero-order chi connectivity index (χ0) is 10.1. The first-order valence-corrected chi connectivity index (χ1v) is 5.18. The maximum Gasteiger partial charge on any atom is 0.212 e. The Morgan fingerprint density at radius 3 is 2.93 bits per heavy atom. The first-order valence-electron chi connectivity index (χ1n) is 3.98. The van der Waals surface area contributed by atoms with E-state index in [4.69, 9.17) is 16.7 Å². The van der Waals surface area contributed by atoms with Gasteiger partial charge in [-0.15, -0.1) is 0 Å². The van der Waals surface area contributed by atoms with E-state index in [-0.39, 0.29) is 6.61 Å². The van der Waals surface area contributed by atoms with Gasteiger partial charge in [-0.2, -0.15) is 5.10 Å². The predicted octanol–water partition coefficient (Wildman–Crippen LogP) is 1.78. The molecule has 74 valence electrons. The molecule has 0 atom stereocenters. The van der Waals surface area contributed by atoms with Crippen LogP contribution < -0.4 is 0 Å². The number of nitrogens with zero attached hydrogens (tertiary/aromatic N) is 3. The SMILES string of the molecule is Cc1cnn(-c2nc(Cl)c(CO)s2)c1. The molecule has 0 amide bonds. The molecular weight excluding hydrogens is 222 g/mol. The summed E-state index contributed by atoms with van der Waals surface area (Å²) in [4.78, 5) is 4.75. The number of thiazole rings is 1. The third kappa shape index (κ3) is 1.66. The van der Waals surface area contributed by atoms with E-state index in [1.807, 2.05) is 13.1 Å². The lowest BCUT2D eigenvalue weighted by Gasteiger charge is -1.91. The van der Waals surface area contributed by atoms with E-state index < -0.39 is 0 Å². The fourth-order valence-corrected chi connectivity index (χ4v) is 2.09. The highest BCUT2D eigenvalue weighted by molar-refractivity contribution is 7.14. The van der Waals surface area contributed by atoms with Crippen LogP contribution in [0.25, 0.3) is 5.13 Å². The predicted molar refractivity (Wildman–Crippen MR) is 54.9 cm³/mol. The number of aromatic nitrogens is 3. The van der Waals surface area contributed by atoms with Crippen LogP contribution in [0.5, 0.6) is 0 Å². The highest BCUT2D eigenvalue weighted by atomic mass is 35.5. The average molecular weight is 230 g/mol. The Morgan fingerprint density at radius 2 is 2.43 bits per heavy atom. The molecule has 0 aliphatic rings. The minimum absolute atomic E-state index is 0.0866. The molecule has 0 unspecified atom stereocenters. The number of aliphatic hydroxyl groups is 1. The van der Waals surface area contributed by atoms with Crippen molar-refractivity contribution in [3.05, 3.63) is 28.0 Å². The van der Waals surface area contributed by atoms with E-state index in [1.54, 1.807) is 10.9 Å². The minimum Gasteiger partial charge on any atom is -0.391 e. The fourth-order valence-electron chi connectivity index (χ4n) is 1.03. The van der Waals surface area contributed by atoms with Crippen molar-refractivity contribution in [2.75, 3.05) is 0 Å². The van der Waals surface area contributed by atoms with E-state index in [9.17, 15) is 0 Å². The Balaban J connectivity index is 2.42. The van der Waals surface area contributed by atoms with Crippen LogP contribution in [0, 0.1) is 6.92 Å². The van der Waals surface area contributed by atoms with Crippen LogP contribution in [0.4, 0.5) is 0 Å². The molecule has 2 rings (SSSR count). The molecule has 0 bridgehead atoms. The molecular formula is C8H8ClN3OS. The second-order valence-electron chi connectivity index (χ2n) is 2.83. The fraction of sp³-hybridized carbons (Fsp3) is 0.250. The molecule has 1 N–H and O–H groups in total. The first-order chi connectivity index (χ1) is 6.70. The summed E-state index contributed by atoms with van der Waals surface area (Å²) in [5.74, 6) is 0. The first kappa shape index (κ1) is 9.64. The lowest BCUT2D eigenvalue weighted by atomic mass is 10.4. The highest BCUT2D eigenvalue weighted by Crippen LogP contribution is 2.25. The maximum absolute atomic E-state index is 8.94. The van der Waals surface area contributed by atoms with Crippen molar-refractivity contribution in [3.63, 3.8) is 0 Å². The number of halogens is 1. The topological polar surface area (TPSA) is 50.9 Å². The summed E-state index contributed by atoms with van der Waals surface area (Å²) in [5, 5.41) is 14.1. The summed E-state index contributed by atoms with van der Waals surface area (Å²) in [5.41, 5.74) is 1.06. The van der Waals surface area contributed by atoms with Gasteiger partial charge in [0.05, 0.1) is 17.7 Å². The number of hydrogen-bond acceptors (Lipinski definition) is 4. The molecule has 0 aromatic carbocycles. The van der Waals surface area contributed by atoms with Gasteiger partial charge in [0.25, 0.3) is 0 Å². The molecule has 0 saturated heterocycles. The molecule has 2 aromatic rings. The molecule has 0 spiro atoms. The molecule has 14 heavy (non-hydrogen) atoms. The van der Waals surface area contributed by atoms with Gasteiger partial charge in [-0.05, 0) is 12.5 Å². The van der Waals surface area contributed by atoms with Crippen LogP contribution in [0.15, 0.2) is 12.4 Å². The van der Waals surface area contributed by atoms with E-state index in [2.05, 4.69) is 10.1 Å². The molecule has 2 heterocycles. The third-order valence-electron chi connectivity index (χ3n) is 1.69. The summed E-state index contributed by atoms with van der Waals surface area (Å²) in [6.07, 6.45) is 3.60. The molecule has 0 radical (unpaired) electrons. The Morgan fingerprint density at radius 1 is 1.64 bits per heavy atom. The van der Waals surface area contributed by atoms with Gasteiger partial charge in [-0.1, -0.05) is 22.9 Å². The quantitative estimate of drug-likeness (QED) is 0.854. The van der Waals surface area contributed by atoms with Gasteiger partial charge in [-0.3, -0.25) is 0 Å². The molecule has 0 aliphatic carbocycles. The monoisotopic (exact) mass is 229 g/mol. The molecule has 6 heteroatoms.